The average molecular weight is 568 g/mol. The highest BCUT2D eigenvalue weighted by Gasteiger charge is 2.22. The summed E-state index contributed by atoms with van der Waals surface area (Å²) < 4.78 is 11.0. The fourth-order valence-electron chi connectivity index (χ4n) is 4.97. The smallest absolute Gasteiger partial charge is 0.411 e. The first kappa shape index (κ1) is 29.2. The Bertz CT molecular complexity index is 1400. The molecule has 9 nitrogen and oxygen atoms in total. The molecule has 1 saturated heterocycles. The SMILES string of the molecule is O=C(Nc1ccccc1-c1ccccc1)OC1CCN(CCNCC(=O)c2ccc(CNCc3ccco3)cn2)CC1. The first-order chi connectivity index (χ1) is 20.6. The van der Waals surface area contributed by atoms with Crippen LogP contribution in [0.5, 0.6) is 0 Å². The van der Waals surface area contributed by atoms with Crippen LogP contribution in [0.1, 0.15) is 34.7 Å². The minimum atomic E-state index is -0.427. The number of benzene rings is 2. The van der Waals surface area contributed by atoms with Crippen LogP contribution in [-0.2, 0) is 17.8 Å². The van der Waals surface area contributed by atoms with E-state index in [0.29, 0.717) is 25.3 Å². The Balaban J connectivity index is 0.960. The van der Waals surface area contributed by atoms with E-state index >= 15 is 0 Å². The molecule has 0 aliphatic carbocycles. The number of rotatable bonds is 13. The van der Waals surface area contributed by atoms with Crippen LogP contribution in [0.4, 0.5) is 10.5 Å². The maximum absolute atomic E-state index is 12.6. The van der Waals surface area contributed by atoms with Crippen molar-refractivity contribution in [3.63, 3.8) is 0 Å². The van der Waals surface area contributed by atoms with Gasteiger partial charge in [-0.25, -0.2) is 4.79 Å². The van der Waals surface area contributed by atoms with Crippen LogP contribution < -0.4 is 16.0 Å². The molecule has 0 radical (unpaired) electrons. The lowest BCUT2D eigenvalue weighted by atomic mass is 10.0. The summed E-state index contributed by atoms with van der Waals surface area (Å²) in [5.74, 6) is 0.847. The lowest BCUT2D eigenvalue weighted by Gasteiger charge is -2.31. The molecule has 2 aromatic carbocycles. The lowest BCUT2D eigenvalue weighted by Crippen LogP contribution is -2.42. The summed E-state index contributed by atoms with van der Waals surface area (Å²) in [6.07, 6.45) is 4.40. The molecule has 3 N–H and O–H groups in total. The zero-order chi connectivity index (χ0) is 29.0. The molecule has 0 bridgehead atoms. The molecule has 1 aliphatic rings. The van der Waals surface area contributed by atoms with E-state index in [9.17, 15) is 9.59 Å². The average Bonchev–Trinajstić information content (AvgIpc) is 3.55. The monoisotopic (exact) mass is 567 g/mol. The van der Waals surface area contributed by atoms with Gasteiger partial charge in [-0.1, -0.05) is 54.6 Å². The predicted octanol–water partition coefficient (Wildman–Crippen LogP) is 5.12. The van der Waals surface area contributed by atoms with Crippen molar-refractivity contribution in [1.29, 1.82) is 0 Å². The van der Waals surface area contributed by atoms with Crippen molar-refractivity contribution in [2.24, 2.45) is 0 Å². The first-order valence-electron chi connectivity index (χ1n) is 14.4. The zero-order valence-corrected chi connectivity index (χ0v) is 23.6. The number of ketones is 1. The van der Waals surface area contributed by atoms with E-state index in [0.717, 1.165) is 60.6 Å². The first-order valence-corrected chi connectivity index (χ1v) is 14.4. The van der Waals surface area contributed by atoms with Crippen LogP contribution in [0.15, 0.2) is 95.7 Å². The van der Waals surface area contributed by atoms with Crippen LogP contribution in [0.3, 0.4) is 0 Å². The summed E-state index contributed by atoms with van der Waals surface area (Å²) in [7, 11) is 0. The number of carbonyl (C=O) groups is 2. The number of hydrogen-bond donors (Lipinski definition) is 3. The van der Waals surface area contributed by atoms with Crippen molar-refractivity contribution in [3.05, 3.63) is 108 Å². The fraction of sp³-hybridized carbons (Fsp3) is 0.303. The van der Waals surface area contributed by atoms with Gasteiger partial charge >= 0.3 is 6.09 Å². The molecule has 42 heavy (non-hydrogen) atoms. The van der Waals surface area contributed by atoms with Gasteiger partial charge in [0.25, 0.3) is 0 Å². The number of nitrogens with one attached hydrogen (secondary N) is 3. The lowest BCUT2D eigenvalue weighted by molar-refractivity contribution is 0.0593. The van der Waals surface area contributed by atoms with Gasteiger partial charge in [-0.05, 0) is 48.2 Å². The summed E-state index contributed by atoms with van der Waals surface area (Å²) in [6, 6.07) is 25.2. The third kappa shape index (κ3) is 8.59. The Labute approximate surface area is 246 Å². The molecule has 0 atom stereocenters. The van der Waals surface area contributed by atoms with E-state index < -0.39 is 6.09 Å². The van der Waals surface area contributed by atoms with Crippen molar-refractivity contribution in [3.8, 4) is 11.1 Å². The topological polar surface area (TPSA) is 109 Å². The van der Waals surface area contributed by atoms with Gasteiger partial charge in [0, 0.05) is 44.5 Å². The number of nitrogens with zero attached hydrogens (tertiary/aromatic N) is 2. The highest BCUT2D eigenvalue weighted by molar-refractivity contribution is 5.95. The molecule has 0 spiro atoms. The van der Waals surface area contributed by atoms with Gasteiger partial charge < -0.3 is 24.7 Å². The van der Waals surface area contributed by atoms with Crippen LogP contribution in [0.25, 0.3) is 11.1 Å². The van der Waals surface area contributed by atoms with Crippen molar-refractivity contribution in [1.82, 2.24) is 20.5 Å². The van der Waals surface area contributed by atoms with Crippen LogP contribution >= 0.6 is 0 Å². The number of likely N-dealkylation sites (tertiary alicyclic amines) is 1. The molecular formula is C33H37N5O4. The molecule has 1 amide bonds. The molecule has 218 valence electrons. The number of aromatic nitrogens is 1. The Morgan fingerprint density at radius 3 is 2.48 bits per heavy atom. The largest absolute Gasteiger partial charge is 0.468 e. The zero-order valence-electron chi connectivity index (χ0n) is 23.6. The maximum Gasteiger partial charge on any atom is 0.411 e. The molecule has 1 fully saturated rings. The molecule has 9 heteroatoms. The Morgan fingerprint density at radius 2 is 1.71 bits per heavy atom. The molecule has 5 rings (SSSR count). The van der Waals surface area contributed by atoms with Gasteiger partial charge in [0.2, 0.25) is 0 Å². The number of piperidine rings is 1. The summed E-state index contributed by atoms with van der Waals surface area (Å²) in [6.45, 7) is 4.73. The van der Waals surface area contributed by atoms with Crippen molar-refractivity contribution >= 4 is 17.6 Å². The number of hydrogen-bond acceptors (Lipinski definition) is 8. The molecule has 0 saturated carbocycles. The maximum atomic E-state index is 12.6. The minimum Gasteiger partial charge on any atom is -0.468 e. The third-order valence-corrected chi connectivity index (χ3v) is 7.27. The highest BCUT2D eigenvalue weighted by atomic mass is 16.6. The van der Waals surface area contributed by atoms with Crippen LogP contribution in [0.2, 0.25) is 0 Å². The second kappa shape index (κ2) is 15.1. The third-order valence-electron chi connectivity index (χ3n) is 7.27. The van der Waals surface area contributed by atoms with E-state index in [1.54, 1.807) is 18.5 Å². The number of furan rings is 1. The van der Waals surface area contributed by atoms with Gasteiger partial charge in [-0.3, -0.25) is 15.1 Å². The van der Waals surface area contributed by atoms with E-state index in [4.69, 9.17) is 9.15 Å². The van der Waals surface area contributed by atoms with Gasteiger partial charge in [-0.15, -0.1) is 0 Å². The number of amides is 1. The molecule has 2 aromatic heterocycles. The van der Waals surface area contributed by atoms with Crippen LogP contribution in [-0.4, -0.2) is 60.6 Å². The van der Waals surface area contributed by atoms with E-state index in [1.807, 2.05) is 72.8 Å². The van der Waals surface area contributed by atoms with Gasteiger partial charge in [0.1, 0.15) is 17.6 Å². The second-order valence-electron chi connectivity index (χ2n) is 10.3. The number of Topliss-reactive ketones (excluding diaryl/α,β-unsaturated/α-hetero) is 1. The minimum absolute atomic E-state index is 0.0305. The summed E-state index contributed by atoms with van der Waals surface area (Å²) >= 11 is 0. The van der Waals surface area contributed by atoms with Crippen molar-refractivity contribution in [2.45, 2.75) is 32.0 Å². The second-order valence-corrected chi connectivity index (χ2v) is 10.3. The Kier molecular flexibility index (Phi) is 10.5. The van der Waals surface area contributed by atoms with Crippen LogP contribution in [0, 0.1) is 0 Å². The van der Waals surface area contributed by atoms with E-state index in [1.165, 1.54) is 0 Å². The summed E-state index contributed by atoms with van der Waals surface area (Å²) in [5, 5.41) is 9.45. The summed E-state index contributed by atoms with van der Waals surface area (Å²) in [5.41, 5.74) is 4.19. The number of ether oxygens (including phenoxy) is 1. The quantitative estimate of drug-likeness (QED) is 0.151. The predicted molar refractivity (Wildman–Crippen MR) is 162 cm³/mol. The normalized spacial score (nSPS) is 14.0. The molecule has 0 unspecified atom stereocenters. The van der Waals surface area contributed by atoms with Gasteiger partial charge in [0.05, 0.1) is 25.0 Å². The molecule has 1 aliphatic heterocycles. The summed E-state index contributed by atoms with van der Waals surface area (Å²) in [4.78, 5) is 31.8. The number of para-hydroxylation sites is 1. The fourth-order valence-corrected chi connectivity index (χ4v) is 4.97. The van der Waals surface area contributed by atoms with Gasteiger partial charge in [-0.2, -0.15) is 0 Å². The number of anilines is 1. The van der Waals surface area contributed by atoms with Crippen molar-refractivity contribution in [2.75, 3.05) is 38.0 Å². The van der Waals surface area contributed by atoms with E-state index in [-0.39, 0.29) is 18.4 Å². The molecule has 4 aromatic rings. The van der Waals surface area contributed by atoms with Crippen molar-refractivity contribution < 1.29 is 18.7 Å². The highest BCUT2D eigenvalue weighted by Crippen LogP contribution is 2.28. The standard InChI is InChI=1S/C33H37N5O4/c39-32(31-13-12-25(22-36-31)21-35-23-28-9-6-20-41-28)24-34-16-19-38-17-14-27(15-18-38)42-33(40)37-30-11-5-4-10-29(30)26-7-2-1-3-8-26/h1-13,20,22,27,34-35H,14-19,21,23-24H2,(H,37,40). The molecule has 3 heterocycles. The van der Waals surface area contributed by atoms with Gasteiger partial charge in [0.15, 0.2) is 5.78 Å². The van der Waals surface area contributed by atoms with E-state index in [2.05, 4.69) is 25.8 Å². The Morgan fingerprint density at radius 1 is 0.905 bits per heavy atom. The molecular weight excluding hydrogens is 530 g/mol. The Hall–Kier alpha value is -4.31. The number of carbonyl (C=O) groups excluding carboxylic acids is 2. The number of pyridine rings is 1.